The van der Waals surface area contributed by atoms with Gasteiger partial charge in [-0.2, -0.15) is 0 Å². The van der Waals surface area contributed by atoms with Gasteiger partial charge in [-0.15, -0.1) is 0 Å². The molecule has 2 rings (SSSR count). The van der Waals surface area contributed by atoms with E-state index < -0.39 is 10.0 Å². The zero-order valence-electron chi connectivity index (χ0n) is 10.6. The van der Waals surface area contributed by atoms with Crippen LogP contribution in [-0.4, -0.2) is 25.0 Å². The van der Waals surface area contributed by atoms with E-state index in [-0.39, 0.29) is 16.0 Å². The van der Waals surface area contributed by atoms with E-state index in [4.69, 9.17) is 16.3 Å². The Kier molecular flexibility index (Phi) is 4.41. The molecule has 0 saturated heterocycles. The topological polar surface area (TPSA) is 81.2 Å². The first-order valence-electron chi connectivity index (χ1n) is 5.75. The van der Waals surface area contributed by atoms with Gasteiger partial charge in [0.05, 0.1) is 11.5 Å². The minimum absolute atomic E-state index is 0.0774. The standard InChI is InChI=1S/C12H12ClN3O3S/c1-2-19-9-3-5-10(6-4-9)20(17,18)16-12-14-8-7-11(13)15-12/h3-8H,2H2,1H3,(H,14,15,16). The predicted octanol–water partition coefficient (Wildman–Crippen LogP) is 2.33. The summed E-state index contributed by atoms with van der Waals surface area (Å²) in [4.78, 5) is 7.64. The zero-order chi connectivity index (χ0) is 14.6. The van der Waals surface area contributed by atoms with Gasteiger partial charge in [-0.3, -0.25) is 0 Å². The maximum Gasteiger partial charge on any atom is 0.264 e. The van der Waals surface area contributed by atoms with Gasteiger partial charge in [-0.05, 0) is 37.3 Å². The van der Waals surface area contributed by atoms with Gasteiger partial charge in [0.15, 0.2) is 0 Å². The van der Waals surface area contributed by atoms with Crippen LogP contribution in [0.5, 0.6) is 5.75 Å². The number of aromatic nitrogens is 2. The van der Waals surface area contributed by atoms with Crippen molar-refractivity contribution in [3.8, 4) is 5.75 Å². The highest BCUT2D eigenvalue weighted by Crippen LogP contribution is 2.18. The number of nitrogens with zero attached hydrogens (tertiary/aromatic N) is 2. The Hall–Kier alpha value is -1.86. The number of anilines is 1. The summed E-state index contributed by atoms with van der Waals surface area (Å²) in [5.41, 5.74) is 0. The molecule has 0 amide bonds. The number of ether oxygens (including phenoxy) is 1. The summed E-state index contributed by atoms with van der Waals surface area (Å²) < 4.78 is 31.7. The molecule has 1 N–H and O–H groups in total. The van der Waals surface area contributed by atoms with Crippen molar-refractivity contribution in [2.45, 2.75) is 11.8 Å². The fourth-order valence-corrected chi connectivity index (χ4v) is 2.53. The molecule has 0 aliphatic rings. The van der Waals surface area contributed by atoms with Crippen LogP contribution in [0, 0.1) is 0 Å². The van der Waals surface area contributed by atoms with Crippen molar-refractivity contribution in [2.75, 3.05) is 11.3 Å². The molecule has 106 valence electrons. The Morgan fingerprint density at radius 1 is 1.25 bits per heavy atom. The summed E-state index contributed by atoms with van der Waals surface area (Å²) in [6.07, 6.45) is 1.37. The van der Waals surface area contributed by atoms with Crippen molar-refractivity contribution < 1.29 is 13.2 Å². The molecule has 1 aromatic carbocycles. The Bertz CT molecular complexity index is 689. The molecule has 8 heteroatoms. The van der Waals surface area contributed by atoms with Gasteiger partial charge in [-0.25, -0.2) is 23.1 Å². The lowest BCUT2D eigenvalue weighted by Gasteiger charge is -2.07. The van der Waals surface area contributed by atoms with Gasteiger partial charge >= 0.3 is 0 Å². The Balaban J connectivity index is 2.21. The van der Waals surface area contributed by atoms with Gasteiger partial charge in [0.2, 0.25) is 5.95 Å². The lowest BCUT2D eigenvalue weighted by Crippen LogP contribution is -2.14. The van der Waals surface area contributed by atoms with Gasteiger partial charge in [0.25, 0.3) is 10.0 Å². The minimum atomic E-state index is -3.75. The van der Waals surface area contributed by atoms with Gasteiger partial charge < -0.3 is 4.74 Å². The molecule has 0 atom stereocenters. The van der Waals surface area contributed by atoms with Gasteiger partial charge in [0, 0.05) is 6.20 Å². The van der Waals surface area contributed by atoms with E-state index in [2.05, 4.69) is 14.7 Å². The van der Waals surface area contributed by atoms with Crippen molar-refractivity contribution in [2.24, 2.45) is 0 Å². The van der Waals surface area contributed by atoms with Crippen LogP contribution in [0.1, 0.15) is 6.92 Å². The highest BCUT2D eigenvalue weighted by molar-refractivity contribution is 7.92. The maximum atomic E-state index is 12.1. The first kappa shape index (κ1) is 14.5. The summed E-state index contributed by atoms with van der Waals surface area (Å²) in [5, 5.41) is 0.157. The number of rotatable bonds is 5. The van der Waals surface area contributed by atoms with Crippen LogP contribution in [0.4, 0.5) is 5.95 Å². The van der Waals surface area contributed by atoms with Crippen LogP contribution in [0.3, 0.4) is 0 Å². The molecule has 0 radical (unpaired) electrons. The summed E-state index contributed by atoms with van der Waals surface area (Å²) in [6.45, 7) is 2.36. The second-order valence-electron chi connectivity index (χ2n) is 3.71. The molecule has 0 fully saturated rings. The molecule has 0 aliphatic heterocycles. The number of nitrogens with one attached hydrogen (secondary N) is 1. The van der Waals surface area contributed by atoms with E-state index in [9.17, 15) is 8.42 Å². The highest BCUT2D eigenvalue weighted by atomic mass is 35.5. The summed E-state index contributed by atoms with van der Waals surface area (Å²) in [5.74, 6) is 0.525. The number of benzene rings is 1. The van der Waals surface area contributed by atoms with Crippen molar-refractivity contribution in [3.05, 3.63) is 41.7 Å². The number of hydrogen-bond donors (Lipinski definition) is 1. The number of sulfonamides is 1. The van der Waals surface area contributed by atoms with E-state index in [1.54, 1.807) is 12.1 Å². The Morgan fingerprint density at radius 3 is 2.55 bits per heavy atom. The monoisotopic (exact) mass is 313 g/mol. The Labute approximate surface area is 121 Å². The van der Waals surface area contributed by atoms with E-state index in [0.717, 1.165) is 0 Å². The molecule has 0 unspecified atom stereocenters. The highest BCUT2D eigenvalue weighted by Gasteiger charge is 2.15. The van der Waals surface area contributed by atoms with Crippen molar-refractivity contribution >= 4 is 27.6 Å². The van der Waals surface area contributed by atoms with Crippen molar-refractivity contribution in [1.82, 2.24) is 9.97 Å². The third-order valence-electron chi connectivity index (χ3n) is 2.29. The summed E-state index contributed by atoms with van der Waals surface area (Å²) >= 11 is 5.67. The molecule has 2 aromatic rings. The van der Waals surface area contributed by atoms with Crippen LogP contribution in [0.15, 0.2) is 41.4 Å². The smallest absolute Gasteiger partial charge is 0.264 e. The lowest BCUT2D eigenvalue weighted by atomic mass is 10.3. The molecular formula is C12H12ClN3O3S. The largest absolute Gasteiger partial charge is 0.494 e. The summed E-state index contributed by atoms with van der Waals surface area (Å²) in [7, 11) is -3.75. The number of halogens is 1. The molecule has 1 heterocycles. The zero-order valence-corrected chi connectivity index (χ0v) is 12.1. The fraction of sp³-hybridized carbons (Fsp3) is 0.167. The van der Waals surface area contributed by atoms with Gasteiger partial charge in [0.1, 0.15) is 10.9 Å². The molecule has 6 nitrogen and oxygen atoms in total. The number of hydrogen-bond acceptors (Lipinski definition) is 5. The second-order valence-corrected chi connectivity index (χ2v) is 5.78. The molecule has 0 spiro atoms. The normalized spacial score (nSPS) is 11.1. The fourth-order valence-electron chi connectivity index (χ4n) is 1.45. The predicted molar refractivity (Wildman–Crippen MR) is 75.5 cm³/mol. The molecular weight excluding hydrogens is 302 g/mol. The van der Waals surface area contributed by atoms with E-state index in [1.165, 1.54) is 24.4 Å². The SMILES string of the molecule is CCOc1ccc(S(=O)(=O)Nc2nccc(Cl)n2)cc1. The van der Waals surface area contributed by atoms with Crippen LogP contribution in [-0.2, 0) is 10.0 Å². The first-order chi connectivity index (χ1) is 9.51. The third kappa shape index (κ3) is 3.58. The second kappa shape index (κ2) is 6.06. The molecule has 0 aliphatic carbocycles. The first-order valence-corrected chi connectivity index (χ1v) is 7.61. The van der Waals surface area contributed by atoms with Crippen LogP contribution >= 0.6 is 11.6 Å². The maximum absolute atomic E-state index is 12.1. The summed E-state index contributed by atoms with van der Waals surface area (Å²) in [6, 6.07) is 7.50. The van der Waals surface area contributed by atoms with E-state index >= 15 is 0 Å². The van der Waals surface area contributed by atoms with Crippen LogP contribution in [0.25, 0.3) is 0 Å². The third-order valence-corrected chi connectivity index (χ3v) is 3.85. The average Bonchev–Trinajstić information content (AvgIpc) is 2.39. The lowest BCUT2D eigenvalue weighted by molar-refractivity contribution is 0.340. The molecule has 0 saturated carbocycles. The van der Waals surface area contributed by atoms with E-state index in [0.29, 0.717) is 12.4 Å². The van der Waals surface area contributed by atoms with Crippen LogP contribution < -0.4 is 9.46 Å². The van der Waals surface area contributed by atoms with Crippen LogP contribution in [0.2, 0.25) is 5.15 Å². The molecule has 20 heavy (non-hydrogen) atoms. The van der Waals surface area contributed by atoms with Gasteiger partial charge in [-0.1, -0.05) is 11.6 Å². The molecule has 0 bridgehead atoms. The van der Waals surface area contributed by atoms with Crippen molar-refractivity contribution in [1.29, 1.82) is 0 Å². The van der Waals surface area contributed by atoms with Crippen molar-refractivity contribution in [3.63, 3.8) is 0 Å². The minimum Gasteiger partial charge on any atom is -0.494 e. The van der Waals surface area contributed by atoms with E-state index in [1.807, 2.05) is 6.92 Å². The molecule has 1 aromatic heterocycles. The quantitative estimate of drug-likeness (QED) is 0.857. The Morgan fingerprint density at radius 2 is 1.95 bits per heavy atom. The average molecular weight is 314 g/mol.